The smallest absolute Gasteiger partial charge is 0.252 e. The minimum Gasteiger partial charge on any atom is -0.348 e. The summed E-state index contributed by atoms with van der Waals surface area (Å²) in [5.41, 5.74) is 0.863. The first-order valence-electron chi connectivity index (χ1n) is 6.12. The lowest BCUT2D eigenvalue weighted by Crippen LogP contribution is -2.23. The molecule has 0 spiro atoms. The summed E-state index contributed by atoms with van der Waals surface area (Å²) in [6.45, 7) is 0.117. The van der Waals surface area contributed by atoms with Gasteiger partial charge in [0, 0.05) is 11.0 Å². The van der Waals surface area contributed by atoms with Crippen molar-refractivity contribution in [2.75, 3.05) is 0 Å². The summed E-state index contributed by atoms with van der Waals surface area (Å²) in [6.07, 6.45) is 0. The SMILES string of the molecule is NS(=O)(=O)c1cccc(CNC(=O)c2ccc(F)cc2Br)c1. The van der Waals surface area contributed by atoms with Crippen LogP contribution in [-0.4, -0.2) is 14.3 Å². The molecule has 0 saturated carbocycles. The van der Waals surface area contributed by atoms with Gasteiger partial charge < -0.3 is 5.32 Å². The van der Waals surface area contributed by atoms with Crippen LogP contribution in [-0.2, 0) is 16.6 Å². The van der Waals surface area contributed by atoms with Crippen molar-refractivity contribution in [3.8, 4) is 0 Å². The van der Waals surface area contributed by atoms with Crippen molar-refractivity contribution in [2.24, 2.45) is 5.14 Å². The highest BCUT2D eigenvalue weighted by atomic mass is 79.9. The summed E-state index contributed by atoms with van der Waals surface area (Å²) in [6, 6.07) is 9.68. The summed E-state index contributed by atoms with van der Waals surface area (Å²) in [5.74, 6) is -0.864. The van der Waals surface area contributed by atoms with Gasteiger partial charge in [-0.25, -0.2) is 17.9 Å². The summed E-state index contributed by atoms with van der Waals surface area (Å²) >= 11 is 3.11. The molecule has 0 atom stereocenters. The molecule has 8 heteroatoms. The molecule has 2 aromatic rings. The number of halogens is 2. The molecule has 0 aliphatic carbocycles. The minimum absolute atomic E-state index is 0.0257. The second-order valence-electron chi connectivity index (χ2n) is 4.50. The van der Waals surface area contributed by atoms with E-state index in [0.717, 1.165) is 0 Å². The molecular weight excluding hydrogens is 375 g/mol. The number of carbonyl (C=O) groups excluding carboxylic acids is 1. The number of nitrogens with one attached hydrogen (secondary N) is 1. The third-order valence-corrected chi connectivity index (χ3v) is 4.42. The van der Waals surface area contributed by atoms with Crippen molar-refractivity contribution in [3.63, 3.8) is 0 Å². The van der Waals surface area contributed by atoms with Gasteiger partial charge in [-0.15, -0.1) is 0 Å². The molecule has 0 aliphatic rings. The van der Waals surface area contributed by atoms with Crippen molar-refractivity contribution >= 4 is 31.9 Å². The average molecular weight is 387 g/mol. The van der Waals surface area contributed by atoms with Gasteiger partial charge in [0.1, 0.15) is 5.82 Å². The summed E-state index contributed by atoms with van der Waals surface area (Å²) in [7, 11) is -3.79. The van der Waals surface area contributed by atoms with Crippen LogP contribution < -0.4 is 10.5 Å². The first-order valence-corrected chi connectivity index (χ1v) is 8.46. The number of primary sulfonamides is 1. The highest BCUT2D eigenvalue weighted by Gasteiger charge is 2.12. The van der Waals surface area contributed by atoms with Crippen LogP contribution >= 0.6 is 15.9 Å². The highest BCUT2D eigenvalue weighted by molar-refractivity contribution is 9.10. The molecule has 0 heterocycles. The lowest BCUT2D eigenvalue weighted by atomic mass is 10.2. The molecule has 0 radical (unpaired) electrons. The molecule has 0 bridgehead atoms. The summed E-state index contributed by atoms with van der Waals surface area (Å²) < 4.78 is 35.9. The lowest BCUT2D eigenvalue weighted by molar-refractivity contribution is 0.0950. The number of rotatable bonds is 4. The monoisotopic (exact) mass is 386 g/mol. The molecule has 0 aromatic heterocycles. The normalized spacial score (nSPS) is 11.2. The maximum atomic E-state index is 13.0. The number of amides is 1. The number of hydrogen-bond donors (Lipinski definition) is 2. The quantitative estimate of drug-likeness (QED) is 0.843. The van der Waals surface area contributed by atoms with Gasteiger partial charge in [-0.05, 0) is 51.8 Å². The molecule has 1 amide bonds. The largest absolute Gasteiger partial charge is 0.348 e. The Labute approximate surface area is 135 Å². The predicted molar refractivity (Wildman–Crippen MR) is 83.1 cm³/mol. The molecule has 0 unspecified atom stereocenters. The van der Waals surface area contributed by atoms with Gasteiger partial charge in [-0.1, -0.05) is 12.1 Å². The van der Waals surface area contributed by atoms with Crippen molar-refractivity contribution in [3.05, 3.63) is 63.9 Å². The fourth-order valence-corrected chi connectivity index (χ4v) is 2.90. The van der Waals surface area contributed by atoms with Gasteiger partial charge >= 0.3 is 0 Å². The molecular formula is C14H12BrFN2O3S. The van der Waals surface area contributed by atoms with Crippen LogP contribution in [0.5, 0.6) is 0 Å². The number of nitrogens with two attached hydrogens (primary N) is 1. The topological polar surface area (TPSA) is 89.3 Å². The molecule has 2 rings (SSSR count). The van der Waals surface area contributed by atoms with E-state index >= 15 is 0 Å². The van der Waals surface area contributed by atoms with E-state index in [-0.39, 0.29) is 17.0 Å². The van der Waals surface area contributed by atoms with Gasteiger partial charge in [0.25, 0.3) is 5.91 Å². The number of carbonyl (C=O) groups is 1. The van der Waals surface area contributed by atoms with E-state index in [1.54, 1.807) is 6.07 Å². The fourth-order valence-electron chi connectivity index (χ4n) is 1.78. The van der Waals surface area contributed by atoms with E-state index in [1.807, 2.05) is 0 Å². The zero-order valence-electron chi connectivity index (χ0n) is 11.2. The van der Waals surface area contributed by atoms with E-state index in [0.29, 0.717) is 10.0 Å². The van der Waals surface area contributed by atoms with E-state index in [1.165, 1.54) is 36.4 Å². The average Bonchev–Trinajstić information content (AvgIpc) is 2.44. The molecule has 0 saturated heterocycles. The molecule has 2 aromatic carbocycles. The molecule has 3 N–H and O–H groups in total. The van der Waals surface area contributed by atoms with Crippen molar-refractivity contribution in [2.45, 2.75) is 11.4 Å². The second kappa shape index (κ2) is 6.55. The van der Waals surface area contributed by atoms with Crippen LogP contribution in [0.15, 0.2) is 51.8 Å². The van der Waals surface area contributed by atoms with Gasteiger partial charge in [-0.2, -0.15) is 0 Å². The predicted octanol–water partition coefficient (Wildman–Crippen LogP) is 2.17. The zero-order valence-corrected chi connectivity index (χ0v) is 13.6. The van der Waals surface area contributed by atoms with Crippen LogP contribution in [0.4, 0.5) is 4.39 Å². The lowest BCUT2D eigenvalue weighted by Gasteiger charge is -2.08. The summed E-state index contributed by atoms with van der Waals surface area (Å²) in [5, 5.41) is 7.68. The fraction of sp³-hybridized carbons (Fsp3) is 0.0714. The standard InChI is InChI=1S/C14H12BrFN2O3S/c15-13-7-10(16)4-5-12(13)14(19)18-8-9-2-1-3-11(6-9)22(17,20)21/h1-7H,8H2,(H,18,19)(H2,17,20,21). The van der Waals surface area contributed by atoms with Crippen LogP contribution in [0.25, 0.3) is 0 Å². The van der Waals surface area contributed by atoms with E-state index in [9.17, 15) is 17.6 Å². The number of hydrogen-bond acceptors (Lipinski definition) is 3. The van der Waals surface area contributed by atoms with Crippen LogP contribution in [0.3, 0.4) is 0 Å². The maximum Gasteiger partial charge on any atom is 0.252 e. The van der Waals surface area contributed by atoms with Gasteiger partial charge in [-0.3, -0.25) is 4.79 Å². The maximum absolute atomic E-state index is 13.0. The molecule has 116 valence electrons. The van der Waals surface area contributed by atoms with E-state index in [2.05, 4.69) is 21.2 Å². The van der Waals surface area contributed by atoms with Crippen molar-refractivity contribution < 1.29 is 17.6 Å². The molecule has 5 nitrogen and oxygen atoms in total. The highest BCUT2D eigenvalue weighted by Crippen LogP contribution is 2.18. The second-order valence-corrected chi connectivity index (χ2v) is 6.92. The third-order valence-electron chi connectivity index (χ3n) is 2.86. The Hall–Kier alpha value is -1.77. The first kappa shape index (κ1) is 16.6. The van der Waals surface area contributed by atoms with Crippen LogP contribution in [0.1, 0.15) is 15.9 Å². The van der Waals surface area contributed by atoms with Gasteiger partial charge in [0.15, 0.2) is 0 Å². The van der Waals surface area contributed by atoms with Gasteiger partial charge in [0.2, 0.25) is 10.0 Å². The van der Waals surface area contributed by atoms with Gasteiger partial charge in [0.05, 0.1) is 10.5 Å². The number of benzene rings is 2. The van der Waals surface area contributed by atoms with E-state index < -0.39 is 21.7 Å². The Bertz CT molecular complexity index is 825. The van der Waals surface area contributed by atoms with Crippen LogP contribution in [0, 0.1) is 5.82 Å². The minimum atomic E-state index is -3.79. The summed E-state index contributed by atoms with van der Waals surface area (Å²) in [4.78, 5) is 12.0. The number of sulfonamides is 1. The third kappa shape index (κ3) is 4.12. The molecule has 22 heavy (non-hydrogen) atoms. The zero-order chi connectivity index (χ0) is 16.3. The molecule has 0 aliphatic heterocycles. The molecule has 0 fully saturated rings. The Morgan fingerprint density at radius 1 is 1.23 bits per heavy atom. The van der Waals surface area contributed by atoms with Crippen molar-refractivity contribution in [1.82, 2.24) is 5.32 Å². The Kier molecular flexibility index (Phi) is 4.94. The Morgan fingerprint density at radius 2 is 1.95 bits per heavy atom. The van der Waals surface area contributed by atoms with Crippen molar-refractivity contribution in [1.29, 1.82) is 0 Å². The Morgan fingerprint density at radius 3 is 2.59 bits per heavy atom. The first-order chi connectivity index (χ1) is 10.3. The van der Waals surface area contributed by atoms with E-state index in [4.69, 9.17) is 5.14 Å². The Balaban J connectivity index is 2.11. The van der Waals surface area contributed by atoms with Crippen LogP contribution in [0.2, 0.25) is 0 Å².